The van der Waals surface area contributed by atoms with E-state index in [0.29, 0.717) is 5.02 Å². The molecule has 0 saturated carbocycles. The van der Waals surface area contributed by atoms with E-state index in [1.807, 2.05) is 32.0 Å². The summed E-state index contributed by atoms with van der Waals surface area (Å²) in [6.45, 7) is 4.66. The predicted molar refractivity (Wildman–Crippen MR) is 75.5 cm³/mol. The topological polar surface area (TPSA) is 27.1 Å². The second kappa shape index (κ2) is 5.47. The van der Waals surface area contributed by atoms with Gasteiger partial charge in [-0.1, -0.05) is 11.6 Å². The Morgan fingerprint density at radius 3 is 2.72 bits per heavy atom. The normalized spacial score (nSPS) is 14.9. The lowest BCUT2D eigenvalue weighted by molar-refractivity contribution is 0.103. The maximum absolute atomic E-state index is 6.19. The van der Waals surface area contributed by atoms with Crippen LogP contribution in [0.25, 0.3) is 11.0 Å². The third-order valence-electron chi connectivity index (χ3n) is 2.94. The van der Waals surface area contributed by atoms with Crippen LogP contribution < -0.4 is 0 Å². The molecule has 2 aromatic rings. The van der Waals surface area contributed by atoms with Gasteiger partial charge < -0.3 is 9.30 Å². The van der Waals surface area contributed by atoms with Crippen LogP contribution in [0, 0.1) is 0 Å². The van der Waals surface area contributed by atoms with Crippen LogP contribution in [0.1, 0.15) is 25.0 Å². The van der Waals surface area contributed by atoms with E-state index >= 15 is 0 Å². The molecule has 98 valence electrons. The van der Waals surface area contributed by atoms with Crippen molar-refractivity contribution in [1.29, 1.82) is 0 Å². The summed E-state index contributed by atoms with van der Waals surface area (Å²) in [6, 6.07) is 5.69. The Labute approximate surface area is 117 Å². The zero-order valence-corrected chi connectivity index (χ0v) is 12.2. The number of hydrogen-bond acceptors (Lipinski definition) is 2. The SMILES string of the molecule is COC(C)Cn1c(C(C)Cl)nc2cc(Cl)ccc21. The first-order valence-electron chi connectivity index (χ1n) is 5.85. The van der Waals surface area contributed by atoms with Gasteiger partial charge >= 0.3 is 0 Å². The molecular weight excluding hydrogens is 271 g/mol. The fraction of sp³-hybridized carbons (Fsp3) is 0.462. The van der Waals surface area contributed by atoms with Gasteiger partial charge in [0.05, 0.1) is 29.1 Å². The number of ether oxygens (including phenoxy) is 1. The summed E-state index contributed by atoms with van der Waals surface area (Å²) in [7, 11) is 1.70. The van der Waals surface area contributed by atoms with Crippen LogP contribution in [0.2, 0.25) is 5.02 Å². The first-order valence-corrected chi connectivity index (χ1v) is 6.67. The van der Waals surface area contributed by atoms with E-state index < -0.39 is 0 Å². The van der Waals surface area contributed by atoms with Gasteiger partial charge in [-0.2, -0.15) is 0 Å². The second-order valence-electron chi connectivity index (χ2n) is 4.38. The Bertz CT molecular complexity index is 551. The Kier molecular flexibility index (Phi) is 4.15. The first kappa shape index (κ1) is 13.7. The number of imidazole rings is 1. The minimum absolute atomic E-state index is 0.104. The molecule has 2 rings (SSSR count). The third kappa shape index (κ3) is 2.63. The Morgan fingerprint density at radius 2 is 2.11 bits per heavy atom. The van der Waals surface area contributed by atoms with Crippen LogP contribution in [0.15, 0.2) is 18.2 Å². The zero-order chi connectivity index (χ0) is 13.3. The molecule has 0 aliphatic heterocycles. The number of alkyl halides is 1. The number of hydrogen-bond donors (Lipinski definition) is 0. The van der Waals surface area contributed by atoms with Crippen LogP contribution in [0.3, 0.4) is 0 Å². The lowest BCUT2D eigenvalue weighted by Crippen LogP contribution is -2.16. The molecule has 0 aliphatic carbocycles. The van der Waals surface area contributed by atoms with Gasteiger partial charge in [-0.3, -0.25) is 0 Å². The highest BCUT2D eigenvalue weighted by Gasteiger charge is 2.16. The molecule has 0 N–H and O–H groups in total. The lowest BCUT2D eigenvalue weighted by Gasteiger charge is -2.14. The quantitative estimate of drug-likeness (QED) is 0.794. The first-order chi connectivity index (χ1) is 8.52. The van der Waals surface area contributed by atoms with Crippen molar-refractivity contribution in [2.45, 2.75) is 31.9 Å². The van der Waals surface area contributed by atoms with E-state index in [1.165, 1.54) is 0 Å². The van der Waals surface area contributed by atoms with Gasteiger partial charge in [0.1, 0.15) is 5.82 Å². The molecule has 5 heteroatoms. The molecule has 18 heavy (non-hydrogen) atoms. The van der Waals surface area contributed by atoms with Crippen LogP contribution >= 0.6 is 23.2 Å². The average Bonchev–Trinajstić information content (AvgIpc) is 2.67. The Balaban J connectivity index is 2.55. The third-order valence-corrected chi connectivity index (χ3v) is 3.37. The lowest BCUT2D eigenvalue weighted by atomic mass is 10.3. The average molecular weight is 287 g/mol. The number of halogens is 2. The maximum Gasteiger partial charge on any atom is 0.127 e. The number of benzene rings is 1. The largest absolute Gasteiger partial charge is 0.380 e. The van der Waals surface area contributed by atoms with Crippen molar-refractivity contribution in [1.82, 2.24) is 9.55 Å². The molecule has 0 aliphatic rings. The maximum atomic E-state index is 6.19. The molecule has 1 aromatic heterocycles. The summed E-state index contributed by atoms with van der Waals surface area (Å²) in [5.41, 5.74) is 1.90. The van der Waals surface area contributed by atoms with Gasteiger partial charge in [0.25, 0.3) is 0 Å². The van der Waals surface area contributed by atoms with Crippen LogP contribution in [0.5, 0.6) is 0 Å². The van der Waals surface area contributed by atoms with Crippen LogP contribution in [-0.4, -0.2) is 22.8 Å². The highest BCUT2D eigenvalue weighted by Crippen LogP contribution is 2.26. The summed E-state index contributed by atoms with van der Waals surface area (Å²) in [6.07, 6.45) is 0.104. The molecule has 2 atom stereocenters. The van der Waals surface area contributed by atoms with Crippen molar-refractivity contribution >= 4 is 34.2 Å². The van der Waals surface area contributed by atoms with E-state index in [9.17, 15) is 0 Å². The predicted octanol–water partition coefficient (Wildman–Crippen LogP) is 4.02. The fourth-order valence-corrected chi connectivity index (χ4v) is 2.28. The number of aromatic nitrogens is 2. The molecule has 3 nitrogen and oxygen atoms in total. The monoisotopic (exact) mass is 286 g/mol. The van der Waals surface area contributed by atoms with Crippen LogP contribution in [-0.2, 0) is 11.3 Å². The minimum atomic E-state index is -0.153. The summed E-state index contributed by atoms with van der Waals surface area (Å²) in [5.74, 6) is 0.845. The molecule has 1 heterocycles. The molecule has 0 spiro atoms. The molecule has 0 fully saturated rings. The zero-order valence-electron chi connectivity index (χ0n) is 10.7. The van der Waals surface area contributed by atoms with E-state index in [2.05, 4.69) is 9.55 Å². The van der Waals surface area contributed by atoms with Gasteiger partial charge in [-0.25, -0.2) is 4.98 Å². The number of methoxy groups -OCH3 is 1. The molecule has 0 bridgehead atoms. The van der Waals surface area contributed by atoms with Crippen molar-refractivity contribution in [2.75, 3.05) is 7.11 Å². The van der Waals surface area contributed by atoms with Crippen molar-refractivity contribution in [2.24, 2.45) is 0 Å². The van der Waals surface area contributed by atoms with E-state index in [1.54, 1.807) is 7.11 Å². The summed E-state index contributed by atoms with van der Waals surface area (Å²) < 4.78 is 7.41. The van der Waals surface area contributed by atoms with Crippen molar-refractivity contribution in [3.8, 4) is 0 Å². The molecule has 0 radical (unpaired) electrons. The van der Waals surface area contributed by atoms with Crippen LogP contribution in [0.4, 0.5) is 0 Å². The molecule has 0 amide bonds. The van der Waals surface area contributed by atoms with Gasteiger partial charge in [-0.05, 0) is 32.0 Å². The number of fused-ring (bicyclic) bond motifs is 1. The van der Waals surface area contributed by atoms with Gasteiger partial charge in [0.2, 0.25) is 0 Å². The summed E-state index contributed by atoms with van der Waals surface area (Å²) in [4.78, 5) is 4.55. The van der Waals surface area contributed by atoms with Crippen molar-refractivity contribution < 1.29 is 4.74 Å². The summed E-state index contributed by atoms with van der Waals surface area (Å²) in [5, 5.41) is 0.529. The number of rotatable bonds is 4. The standard InChI is InChI=1S/C13H16Cl2N2O/c1-8(18-3)7-17-12-5-4-10(15)6-11(12)16-13(17)9(2)14/h4-6,8-9H,7H2,1-3H3. The molecule has 2 unspecified atom stereocenters. The summed E-state index contributed by atoms with van der Waals surface area (Å²) >= 11 is 12.2. The highest BCUT2D eigenvalue weighted by atomic mass is 35.5. The van der Waals surface area contributed by atoms with Gasteiger partial charge in [-0.15, -0.1) is 11.6 Å². The Morgan fingerprint density at radius 1 is 1.39 bits per heavy atom. The van der Waals surface area contributed by atoms with Crippen molar-refractivity contribution in [3.05, 3.63) is 29.0 Å². The van der Waals surface area contributed by atoms with E-state index in [-0.39, 0.29) is 11.5 Å². The van der Waals surface area contributed by atoms with Gasteiger partial charge in [0.15, 0.2) is 0 Å². The minimum Gasteiger partial charge on any atom is -0.380 e. The Hall–Kier alpha value is -0.770. The fourth-order valence-electron chi connectivity index (χ4n) is 1.95. The van der Waals surface area contributed by atoms with Gasteiger partial charge in [0, 0.05) is 12.1 Å². The van der Waals surface area contributed by atoms with E-state index in [4.69, 9.17) is 27.9 Å². The highest BCUT2D eigenvalue weighted by molar-refractivity contribution is 6.31. The smallest absolute Gasteiger partial charge is 0.127 e. The number of nitrogens with zero attached hydrogens (tertiary/aromatic N) is 2. The molecular formula is C13H16Cl2N2O. The molecule has 1 aromatic carbocycles. The molecule has 0 saturated heterocycles. The van der Waals surface area contributed by atoms with E-state index in [0.717, 1.165) is 23.4 Å². The van der Waals surface area contributed by atoms with Crippen molar-refractivity contribution in [3.63, 3.8) is 0 Å². The second-order valence-corrected chi connectivity index (χ2v) is 5.47.